The summed E-state index contributed by atoms with van der Waals surface area (Å²) in [5, 5.41) is 23.4. The fourth-order valence-electron chi connectivity index (χ4n) is 10.3. The second-order valence-electron chi connectivity index (χ2n) is 22.5. The van der Waals surface area contributed by atoms with Gasteiger partial charge in [-0.1, -0.05) is 321 Å². The first kappa shape index (κ1) is 70.3. The van der Waals surface area contributed by atoms with Crippen molar-refractivity contribution in [2.45, 2.75) is 373 Å². The molecule has 72 heavy (non-hydrogen) atoms. The van der Waals surface area contributed by atoms with Gasteiger partial charge in [-0.15, -0.1) is 0 Å². The van der Waals surface area contributed by atoms with E-state index in [4.69, 9.17) is 4.74 Å². The van der Waals surface area contributed by atoms with Gasteiger partial charge in [0.1, 0.15) is 0 Å². The molecule has 0 saturated carbocycles. The highest BCUT2D eigenvalue weighted by molar-refractivity contribution is 5.76. The molecule has 0 aliphatic rings. The third kappa shape index (κ3) is 57.6. The predicted molar refractivity (Wildman–Crippen MR) is 315 cm³/mol. The lowest BCUT2D eigenvalue weighted by atomic mass is 10.0. The number of carbonyl (C=O) groups is 2. The molecule has 0 bridgehead atoms. The molecule has 0 aromatic heterocycles. The molecule has 2 atom stereocenters. The van der Waals surface area contributed by atoms with Crippen molar-refractivity contribution in [1.82, 2.24) is 5.32 Å². The number of esters is 1. The minimum atomic E-state index is -0.666. The third-order valence-electron chi connectivity index (χ3n) is 15.2. The van der Waals surface area contributed by atoms with Gasteiger partial charge >= 0.3 is 5.97 Å². The molecular formula is C66H127NO5. The minimum absolute atomic E-state index is 0.00266. The van der Waals surface area contributed by atoms with Crippen LogP contribution in [-0.4, -0.2) is 47.4 Å². The van der Waals surface area contributed by atoms with Gasteiger partial charge in [0, 0.05) is 12.8 Å². The highest BCUT2D eigenvalue weighted by atomic mass is 16.5. The Bertz CT molecular complexity index is 1120. The van der Waals surface area contributed by atoms with Gasteiger partial charge in [-0.2, -0.15) is 0 Å². The summed E-state index contributed by atoms with van der Waals surface area (Å²) < 4.78 is 5.47. The van der Waals surface area contributed by atoms with Gasteiger partial charge in [0.15, 0.2) is 0 Å². The first-order valence-electron chi connectivity index (χ1n) is 32.6. The minimum Gasteiger partial charge on any atom is -0.466 e. The lowest BCUT2D eigenvalue weighted by Gasteiger charge is -2.22. The van der Waals surface area contributed by atoms with Gasteiger partial charge in [0.25, 0.3) is 0 Å². The summed E-state index contributed by atoms with van der Waals surface area (Å²) in [5.74, 6) is -0.0350. The topological polar surface area (TPSA) is 95.9 Å². The SMILES string of the molecule is CCC/C=C\C/C=C\CCCCCCCC(=O)OCCCCCCCCCCCCCCCCCCCCCCCC(=O)NC(CO)C(O)CCCCCCCCCCCCCCCCCCCCCCC. The molecule has 1 amide bonds. The van der Waals surface area contributed by atoms with Gasteiger partial charge < -0.3 is 20.3 Å². The van der Waals surface area contributed by atoms with Crippen molar-refractivity contribution in [3.05, 3.63) is 24.3 Å². The van der Waals surface area contributed by atoms with Crippen LogP contribution in [0.5, 0.6) is 0 Å². The number of aliphatic hydroxyl groups excluding tert-OH is 2. The number of aliphatic hydroxyl groups is 2. The number of carbonyl (C=O) groups excluding carboxylic acids is 2. The van der Waals surface area contributed by atoms with E-state index in [0.717, 1.165) is 51.4 Å². The third-order valence-corrected chi connectivity index (χ3v) is 15.2. The van der Waals surface area contributed by atoms with Gasteiger partial charge in [-0.05, 0) is 51.4 Å². The highest BCUT2D eigenvalue weighted by Crippen LogP contribution is 2.19. The summed E-state index contributed by atoms with van der Waals surface area (Å²) >= 11 is 0. The van der Waals surface area contributed by atoms with Crippen LogP contribution in [0.2, 0.25) is 0 Å². The zero-order valence-electron chi connectivity index (χ0n) is 48.7. The van der Waals surface area contributed by atoms with E-state index in [1.807, 2.05) is 0 Å². The first-order valence-corrected chi connectivity index (χ1v) is 32.6. The molecule has 426 valence electrons. The molecule has 0 rings (SSSR count). The number of allylic oxidation sites excluding steroid dienone is 4. The fraction of sp³-hybridized carbons (Fsp3) is 0.909. The van der Waals surface area contributed by atoms with E-state index in [1.54, 1.807) is 0 Å². The molecule has 0 aliphatic heterocycles. The van der Waals surface area contributed by atoms with E-state index < -0.39 is 12.1 Å². The predicted octanol–water partition coefficient (Wildman–Crippen LogP) is 20.6. The molecule has 0 saturated heterocycles. The monoisotopic (exact) mass is 1010 g/mol. The summed E-state index contributed by atoms with van der Waals surface area (Å²) in [5.41, 5.74) is 0. The van der Waals surface area contributed by atoms with E-state index in [0.29, 0.717) is 25.9 Å². The maximum Gasteiger partial charge on any atom is 0.305 e. The average molecular weight is 1010 g/mol. The van der Waals surface area contributed by atoms with Crippen LogP contribution in [0.3, 0.4) is 0 Å². The molecule has 0 spiro atoms. The van der Waals surface area contributed by atoms with Crippen molar-refractivity contribution in [2.75, 3.05) is 13.2 Å². The number of hydrogen-bond acceptors (Lipinski definition) is 5. The van der Waals surface area contributed by atoms with Gasteiger partial charge in [-0.3, -0.25) is 9.59 Å². The van der Waals surface area contributed by atoms with Crippen LogP contribution in [0.4, 0.5) is 0 Å². The Hall–Kier alpha value is -1.66. The van der Waals surface area contributed by atoms with Gasteiger partial charge in [0.2, 0.25) is 5.91 Å². The van der Waals surface area contributed by atoms with Crippen molar-refractivity contribution in [3.8, 4) is 0 Å². The van der Waals surface area contributed by atoms with Crippen LogP contribution in [0.25, 0.3) is 0 Å². The fourth-order valence-corrected chi connectivity index (χ4v) is 10.3. The molecule has 0 heterocycles. The highest BCUT2D eigenvalue weighted by Gasteiger charge is 2.20. The van der Waals surface area contributed by atoms with E-state index in [1.165, 1.54) is 276 Å². The van der Waals surface area contributed by atoms with Crippen LogP contribution in [-0.2, 0) is 14.3 Å². The normalized spacial score (nSPS) is 12.7. The Kier molecular flexibility index (Phi) is 60.5. The molecule has 0 aromatic rings. The number of rotatable bonds is 61. The van der Waals surface area contributed by atoms with Crippen molar-refractivity contribution in [2.24, 2.45) is 0 Å². The van der Waals surface area contributed by atoms with E-state index in [2.05, 4.69) is 43.5 Å². The van der Waals surface area contributed by atoms with E-state index >= 15 is 0 Å². The van der Waals surface area contributed by atoms with Crippen molar-refractivity contribution < 1.29 is 24.5 Å². The zero-order chi connectivity index (χ0) is 52.2. The van der Waals surface area contributed by atoms with E-state index in [-0.39, 0.29) is 18.5 Å². The molecular weight excluding hydrogens is 887 g/mol. The molecule has 0 aliphatic carbocycles. The number of hydrogen-bond donors (Lipinski definition) is 3. The standard InChI is InChI=1S/C66H127NO5/c1-3-5-7-9-11-13-15-17-18-19-20-22-25-28-31-35-38-42-46-50-54-58-64(69)63(62-68)67-65(70)59-55-51-47-43-39-36-32-29-26-23-21-24-27-30-33-37-41-45-49-53-57-61-72-66(71)60-56-52-48-44-40-34-16-14-12-10-8-6-4-2/h8,10,14,16,63-64,68-69H,3-7,9,11-13,15,17-62H2,1-2H3,(H,67,70)/b10-8-,16-14-. The maximum absolute atomic E-state index is 12.5. The smallest absolute Gasteiger partial charge is 0.305 e. The Labute approximate surface area is 450 Å². The quantitative estimate of drug-likeness (QED) is 0.0320. The lowest BCUT2D eigenvalue weighted by molar-refractivity contribution is -0.143. The maximum atomic E-state index is 12.5. The van der Waals surface area contributed by atoms with Crippen LogP contribution in [0, 0.1) is 0 Å². The Morgan fingerprint density at radius 2 is 0.722 bits per heavy atom. The van der Waals surface area contributed by atoms with Crippen LogP contribution >= 0.6 is 0 Å². The summed E-state index contributed by atoms with van der Waals surface area (Å²) in [7, 11) is 0. The van der Waals surface area contributed by atoms with Crippen molar-refractivity contribution >= 4 is 11.9 Å². The molecule has 0 radical (unpaired) electrons. The number of unbranched alkanes of at least 4 members (excludes halogenated alkanes) is 46. The molecule has 3 N–H and O–H groups in total. The first-order chi connectivity index (χ1) is 35.5. The second kappa shape index (κ2) is 61.9. The number of ether oxygens (including phenoxy) is 1. The van der Waals surface area contributed by atoms with Gasteiger partial charge in [-0.25, -0.2) is 0 Å². The molecule has 0 fully saturated rings. The molecule has 6 heteroatoms. The summed E-state index contributed by atoms with van der Waals surface area (Å²) in [6, 6.07) is -0.543. The Morgan fingerprint density at radius 3 is 1.11 bits per heavy atom. The van der Waals surface area contributed by atoms with Crippen LogP contribution in [0.15, 0.2) is 24.3 Å². The molecule has 2 unspecified atom stereocenters. The zero-order valence-corrected chi connectivity index (χ0v) is 48.7. The van der Waals surface area contributed by atoms with Crippen molar-refractivity contribution in [3.63, 3.8) is 0 Å². The number of amides is 1. The van der Waals surface area contributed by atoms with Gasteiger partial charge in [0.05, 0.1) is 25.4 Å². The average Bonchev–Trinajstić information content (AvgIpc) is 3.38. The molecule has 0 aromatic carbocycles. The summed E-state index contributed by atoms with van der Waals surface area (Å²) in [4.78, 5) is 24.6. The Morgan fingerprint density at radius 1 is 0.389 bits per heavy atom. The van der Waals surface area contributed by atoms with Crippen LogP contribution < -0.4 is 5.32 Å². The van der Waals surface area contributed by atoms with Crippen molar-refractivity contribution in [1.29, 1.82) is 0 Å². The Balaban J connectivity index is 3.39. The number of nitrogens with one attached hydrogen (secondary N) is 1. The molecule has 6 nitrogen and oxygen atoms in total. The second-order valence-corrected chi connectivity index (χ2v) is 22.5. The lowest BCUT2D eigenvalue weighted by Crippen LogP contribution is -2.45. The summed E-state index contributed by atoms with van der Waals surface area (Å²) in [6.07, 6.45) is 76.2. The largest absolute Gasteiger partial charge is 0.466 e. The van der Waals surface area contributed by atoms with Crippen LogP contribution in [0.1, 0.15) is 361 Å². The summed E-state index contributed by atoms with van der Waals surface area (Å²) in [6.45, 7) is 4.91. The van der Waals surface area contributed by atoms with E-state index in [9.17, 15) is 19.8 Å².